The van der Waals surface area contributed by atoms with E-state index in [2.05, 4.69) is 10.3 Å². The lowest BCUT2D eigenvalue weighted by atomic mass is 10.1. The molecule has 0 bridgehead atoms. The van der Waals surface area contributed by atoms with E-state index < -0.39 is 11.0 Å². The molecular formula is C11H17N3O3. The molecule has 0 aromatic carbocycles. The van der Waals surface area contributed by atoms with Crippen molar-refractivity contribution >= 4 is 11.5 Å². The van der Waals surface area contributed by atoms with E-state index in [0.29, 0.717) is 17.9 Å². The Morgan fingerprint density at radius 2 is 2.24 bits per heavy atom. The first-order valence-corrected chi connectivity index (χ1v) is 5.44. The van der Waals surface area contributed by atoms with Gasteiger partial charge in [-0.05, 0) is 18.9 Å². The van der Waals surface area contributed by atoms with Gasteiger partial charge in [0.2, 0.25) is 0 Å². The maximum Gasteiger partial charge on any atom is 0.290 e. The van der Waals surface area contributed by atoms with Crippen molar-refractivity contribution in [2.75, 3.05) is 11.9 Å². The van der Waals surface area contributed by atoms with Crippen LogP contribution in [-0.4, -0.2) is 27.7 Å². The molecule has 6 heteroatoms. The molecule has 1 atom stereocenters. The Balaban J connectivity index is 2.68. The lowest BCUT2D eigenvalue weighted by molar-refractivity contribution is -0.385. The van der Waals surface area contributed by atoms with Crippen LogP contribution in [0.15, 0.2) is 12.3 Å². The Morgan fingerprint density at radius 3 is 2.71 bits per heavy atom. The number of anilines is 1. The molecule has 0 radical (unpaired) electrons. The van der Waals surface area contributed by atoms with Gasteiger partial charge in [-0.3, -0.25) is 10.1 Å². The minimum absolute atomic E-state index is 0.0000388. The largest absolute Gasteiger partial charge is 0.391 e. The van der Waals surface area contributed by atoms with Gasteiger partial charge in [-0.1, -0.05) is 13.8 Å². The number of hydrogen-bond acceptors (Lipinski definition) is 5. The van der Waals surface area contributed by atoms with Gasteiger partial charge in [0.05, 0.1) is 11.0 Å². The van der Waals surface area contributed by atoms with Gasteiger partial charge in [0.15, 0.2) is 0 Å². The molecule has 0 saturated carbocycles. The second kappa shape index (κ2) is 5.58. The van der Waals surface area contributed by atoms with E-state index in [-0.39, 0.29) is 11.6 Å². The highest BCUT2D eigenvalue weighted by Crippen LogP contribution is 2.18. The SMILES string of the molecule is Cc1cc(NCC(O)C(C)C)ncc1[N+](=O)[O-]. The highest BCUT2D eigenvalue weighted by atomic mass is 16.6. The van der Waals surface area contributed by atoms with E-state index in [1.807, 2.05) is 13.8 Å². The maximum atomic E-state index is 10.6. The Hall–Kier alpha value is -1.69. The third-order valence-corrected chi connectivity index (χ3v) is 2.54. The fourth-order valence-corrected chi connectivity index (χ4v) is 1.28. The second-order valence-electron chi connectivity index (χ2n) is 4.31. The molecule has 94 valence electrons. The summed E-state index contributed by atoms with van der Waals surface area (Å²) in [6.45, 7) is 5.87. The molecule has 0 fully saturated rings. The average molecular weight is 239 g/mol. The van der Waals surface area contributed by atoms with E-state index in [0.717, 1.165) is 0 Å². The lowest BCUT2D eigenvalue weighted by Crippen LogP contribution is -2.25. The zero-order chi connectivity index (χ0) is 13.0. The Labute approximate surface area is 99.8 Å². The van der Waals surface area contributed by atoms with Crippen molar-refractivity contribution < 1.29 is 10.0 Å². The van der Waals surface area contributed by atoms with E-state index in [9.17, 15) is 15.2 Å². The second-order valence-corrected chi connectivity index (χ2v) is 4.31. The van der Waals surface area contributed by atoms with Gasteiger partial charge < -0.3 is 10.4 Å². The summed E-state index contributed by atoms with van der Waals surface area (Å²) in [7, 11) is 0. The highest BCUT2D eigenvalue weighted by Gasteiger charge is 2.13. The first kappa shape index (κ1) is 13.4. The minimum Gasteiger partial charge on any atom is -0.391 e. The molecule has 2 N–H and O–H groups in total. The molecule has 0 amide bonds. The van der Waals surface area contributed by atoms with Gasteiger partial charge in [0.25, 0.3) is 5.69 Å². The Bertz CT molecular complexity index is 407. The minimum atomic E-state index is -0.465. The van der Waals surface area contributed by atoms with Gasteiger partial charge in [0, 0.05) is 12.1 Å². The number of aliphatic hydroxyl groups is 1. The van der Waals surface area contributed by atoms with Gasteiger partial charge in [-0.2, -0.15) is 0 Å². The van der Waals surface area contributed by atoms with Gasteiger partial charge in [-0.15, -0.1) is 0 Å². The number of aryl methyl sites for hydroxylation is 1. The number of aliphatic hydroxyl groups excluding tert-OH is 1. The monoisotopic (exact) mass is 239 g/mol. The normalized spacial score (nSPS) is 12.5. The Morgan fingerprint density at radius 1 is 1.59 bits per heavy atom. The Kier molecular flexibility index (Phi) is 4.39. The first-order valence-electron chi connectivity index (χ1n) is 5.44. The number of nitro groups is 1. The average Bonchev–Trinajstić information content (AvgIpc) is 2.25. The van der Waals surface area contributed by atoms with Crippen molar-refractivity contribution in [1.82, 2.24) is 4.98 Å². The van der Waals surface area contributed by atoms with Crippen LogP contribution in [0.5, 0.6) is 0 Å². The van der Waals surface area contributed by atoms with Crippen LogP contribution in [0.4, 0.5) is 11.5 Å². The zero-order valence-electron chi connectivity index (χ0n) is 10.2. The molecule has 1 heterocycles. The fourth-order valence-electron chi connectivity index (χ4n) is 1.28. The summed E-state index contributed by atoms with van der Waals surface area (Å²) in [4.78, 5) is 14.1. The van der Waals surface area contributed by atoms with Crippen LogP contribution in [0.2, 0.25) is 0 Å². The van der Waals surface area contributed by atoms with Gasteiger partial charge in [0.1, 0.15) is 12.0 Å². The zero-order valence-corrected chi connectivity index (χ0v) is 10.2. The summed E-state index contributed by atoms with van der Waals surface area (Å²) >= 11 is 0. The molecule has 17 heavy (non-hydrogen) atoms. The first-order chi connectivity index (χ1) is 7.91. The molecule has 1 aromatic rings. The van der Waals surface area contributed by atoms with Crippen molar-refractivity contribution in [3.63, 3.8) is 0 Å². The summed E-state index contributed by atoms with van der Waals surface area (Å²) < 4.78 is 0. The van der Waals surface area contributed by atoms with Crippen LogP contribution in [-0.2, 0) is 0 Å². The summed E-state index contributed by atoms with van der Waals surface area (Å²) in [6, 6.07) is 1.60. The molecule has 1 unspecified atom stereocenters. The van der Waals surface area contributed by atoms with Crippen molar-refractivity contribution in [2.24, 2.45) is 5.92 Å². The van der Waals surface area contributed by atoms with E-state index in [4.69, 9.17) is 0 Å². The van der Waals surface area contributed by atoms with E-state index >= 15 is 0 Å². The fraction of sp³-hybridized carbons (Fsp3) is 0.545. The third-order valence-electron chi connectivity index (χ3n) is 2.54. The van der Waals surface area contributed by atoms with Crippen LogP contribution in [0, 0.1) is 23.0 Å². The number of hydrogen-bond donors (Lipinski definition) is 2. The van der Waals surface area contributed by atoms with Crippen LogP contribution in [0.25, 0.3) is 0 Å². The van der Waals surface area contributed by atoms with Crippen LogP contribution < -0.4 is 5.32 Å². The molecule has 0 spiro atoms. The van der Waals surface area contributed by atoms with Crippen LogP contribution in [0.1, 0.15) is 19.4 Å². The number of aromatic nitrogens is 1. The van der Waals surface area contributed by atoms with Crippen molar-refractivity contribution in [3.8, 4) is 0 Å². The number of rotatable bonds is 5. The van der Waals surface area contributed by atoms with E-state index in [1.165, 1.54) is 6.20 Å². The van der Waals surface area contributed by atoms with Gasteiger partial charge in [-0.25, -0.2) is 4.98 Å². The summed E-state index contributed by atoms with van der Waals surface area (Å²) in [6.07, 6.45) is 0.756. The molecular weight excluding hydrogens is 222 g/mol. The van der Waals surface area contributed by atoms with Crippen LogP contribution >= 0.6 is 0 Å². The van der Waals surface area contributed by atoms with Crippen molar-refractivity contribution in [1.29, 1.82) is 0 Å². The standard InChI is InChI=1S/C11H17N3O3/c1-7(2)10(15)6-13-11-4-8(3)9(5-12-11)14(16)17/h4-5,7,10,15H,6H2,1-3H3,(H,12,13). The predicted molar refractivity (Wildman–Crippen MR) is 65.0 cm³/mol. The van der Waals surface area contributed by atoms with Gasteiger partial charge >= 0.3 is 0 Å². The highest BCUT2D eigenvalue weighted by molar-refractivity contribution is 5.46. The number of nitrogens with zero attached hydrogens (tertiary/aromatic N) is 2. The lowest BCUT2D eigenvalue weighted by Gasteiger charge is -2.15. The number of pyridine rings is 1. The van der Waals surface area contributed by atoms with E-state index in [1.54, 1.807) is 13.0 Å². The molecule has 1 rings (SSSR count). The summed E-state index contributed by atoms with van der Waals surface area (Å²) in [5, 5.41) is 23.1. The smallest absolute Gasteiger partial charge is 0.290 e. The number of nitrogens with one attached hydrogen (secondary N) is 1. The molecule has 0 saturated heterocycles. The predicted octanol–water partition coefficient (Wildman–Crippen LogP) is 1.73. The maximum absolute atomic E-state index is 10.6. The summed E-state index contributed by atoms with van der Waals surface area (Å²) in [5.74, 6) is 0.689. The van der Waals surface area contributed by atoms with Crippen molar-refractivity contribution in [3.05, 3.63) is 27.9 Å². The molecule has 0 aliphatic carbocycles. The molecule has 0 aliphatic rings. The topological polar surface area (TPSA) is 88.3 Å². The van der Waals surface area contributed by atoms with Crippen molar-refractivity contribution in [2.45, 2.75) is 26.9 Å². The summed E-state index contributed by atoms with van der Waals surface area (Å²) in [5.41, 5.74) is 0.548. The molecule has 1 aromatic heterocycles. The third kappa shape index (κ3) is 3.67. The van der Waals surface area contributed by atoms with Crippen LogP contribution in [0.3, 0.4) is 0 Å². The molecule has 0 aliphatic heterocycles. The molecule has 6 nitrogen and oxygen atoms in total. The quantitative estimate of drug-likeness (QED) is 0.603.